The average Bonchev–Trinajstić information content (AvgIpc) is 3.21. The predicted molar refractivity (Wildman–Crippen MR) is 113 cm³/mol. The molecule has 2 aromatic carbocycles. The number of carbonyl (C=O) groups excluding carboxylic acids is 2. The smallest absolute Gasteiger partial charge is 0.340 e. The molecular weight excluding hydrogens is 450 g/mol. The van der Waals surface area contributed by atoms with Crippen LogP contribution in [0.25, 0.3) is 0 Å². The Morgan fingerprint density at radius 1 is 1.03 bits per heavy atom. The van der Waals surface area contributed by atoms with Crippen molar-refractivity contribution in [1.82, 2.24) is 0 Å². The second-order valence-electron chi connectivity index (χ2n) is 6.05. The molecule has 1 heterocycles. The van der Waals surface area contributed by atoms with Crippen LogP contribution in [-0.2, 0) is 11.3 Å². The maximum atomic E-state index is 12.6. The van der Waals surface area contributed by atoms with Crippen LogP contribution in [0.15, 0.2) is 53.9 Å². The fourth-order valence-electron chi connectivity index (χ4n) is 2.52. The van der Waals surface area contributed by atoms with Crippen molar-refractivity contribution in [2.24, 2.45) is 0 Å². The molecule has 0 atom stereocenters. The molecule has 0 aliphatic heterocycles. The number of nitro groups is 2. The number of nitro benzene ring substituents is 1. The third-order valence-corrected chi connectivity index (χ3v) is 5.23. The zero-order valence-corrected chi connectivity index (χ0v) is 17.0. The average molecular weight is 462 g/mol. The van der Waals surface area contributed by atoms with Gasteiger partial charge in [0.15, 0.2) is 0 Å². The van der Waals surface area contributed by atoms with Gasteiger partial charge < -0.3 is 10.1 Å². The van der Waals surface area contributed by atoms with Gasteiger partial charge >= 0.3 is 11.0 Å². The summed E-state index contributed by atoms with van der Waals surface area (Å²) in [6.07, 6.45) is 0. The zero-order chi connectivity index (χ0) is 22.5. The number of hydrogen-bond donors (Lipinski definition) is 1. The summed E-state index contributed by atoms with van der Waals surface area (Å²) in [6, 6.07) is 10.8. The standard InChI is InChI=1S/C19H12ClN3O7S/c20-15-8-12(22(26)27)5-6-13(15)18(24)21-16-4-2-1-3-14(16)19(25)30-9-11-7-17(23(28)29)31-10-11/h1-8,10H,9H2,(H,21,24). The zero-order valence-electron chi connectivity index (χ0n) is 15.4. The third kappa shape index (κ3) is 5.21. The van der Waals surface area contributed by atoms with Crippen LogP contribution in [0.1, 0.15) is 26.3 Å². The highest BCUT2D eigenvalue weighted by molar-refractivity contribution is 7.13. The summed E-state index contributed by atoms with van der Waals surface area (Å²) in [6.45, 7) is -0.181. The van der Waals surface area contributed by atoms with Crippen LogP contribution in [-0.4, -0.2) is 21.7 Å². The van der Waals surface area contributed by atoms with E-state index in [2.05, 4.69) is 5.32 Å². The van der Waals surface area contributed by atoms with Crippen molar-refractivity contribution in [1.29, 1.82) is 0 Å². The van der Waals surface area contributed by atoms with E-state index in [1.54, 1.807) is 12.1 Å². The number of amides is 1. The minimum atomic E-state index is -0.750. The molecule has 0 bridgehead atoms. The monoisotopic (exact) mass is 461 g/mol. The van der Waals surface area contributed by atoms with Crippen LogP contribution in [0.3, 0.4) is 0 Å². The minimum absolute atomic E-state index is 0.0129. The molecule has 1 N–H and O–H groups in total. The molecule has 0 fully saturated rings. The number of carbonyl (C=O) groups is 2. The molecule has 0 aliphatic rings. The molecule has 158 valence electrons. The summed E-state index contributed by atoms with van der Waals surface area (Å²) in [5.41, 5.74) is 0.381. The third-order valence-electron chi connectivity index (χ3n) is 3.99. The maximum Gasteiger partial charge on any atom is 0.340 e. The molecule has 0 saturated heterocycles. The highest BCUT2D eigenvalue weighted by Crippen LogP contribution is 2.26. The molecule has 31 heavy (non-hydrogen) atoms. The van der Waals surface area contributed by atoms with Crippen molar-refractivity contribution in [2.45, 2.75) is 6.61 Å². The van der Waals surface area contributed by atoms with Gasteiger partial charge in [-0.3, -0.25) is 25.0 Å². The van der Waals surface area contributed by atoms with Crippen LogP contribution in [0.2, 0.25) is 5.02 Å². The van der Waals surface area contributed by atoms with Gasteiger partial charge in [0, 0.05) is 29.1 Å². The van der Waals surface area contributed by atoms with Crippen molar-refractivity contribution < 1.29 is 24.2 Å². The van der Waals surface area contributed by atoms with Gasteiger partial charge in [-0.2, -0.15) is 0 Å². The number of nitrogens with zero attached hydrogens (tertiary/aromatic N) is 2. The van der Waals surface area contributed by atoms with E-state index in [0.717, 1.165) is 23.5 Å². The molecule has 3 rings (SSSR count). The second kappa shape index (κ2) is 9.32. The molecule has 1 aromatic heterocycles. The molecule has 12 heteroatoms. The van der Waals surface area contributed by atoms with Crippen molar-refractivity contribution >= 4 is 51.2 Å². The molecule has 0 spiro atoms. The number of anilines is 1. The van der Waals surface area contributed by atoms with E-state index < -0.39 is 21.7 Å². The highest BCUT2D eigenvalue weighted by atomic mass is 35.5. The topological polar surface area (TPSA) is 142 Å². The van der Waals surface area contributed by atoms with Crippen LogP contribution >= 0.6 is 22.9 Å². The van der Waals surface area contributed by atoms with Crippen LogP contribution in [0.4, 0.5) is 16.4 Å². The first-order chi connectivity index (χ1) is 14.8. The van der Waals surface area contributed by atoms with Gasteiger partial charge in [-0.15, -0.1) is 0 Å². The molecular formula is C19H12ClN3O7S. The lowest BCUT2D eigenvalue weighted by Gasteiger charge is -2.11. The lowest BCUT2D eigenvalue weighted by atomic mass is 10.1. The molecule has 1 amide bonds. The normalized spacial score (nSPS) is 10.4. The first-order valence-electron chi connectivity index (χ1n) is 8.49. The molecule has 0 unspecified atom stereocenters. The Hall–Kier alpha value is -3.83. The molecule has 0 aliphatic carbocycles. The number of para-hydroxylation sites is 1. The number of halogens is 1. The number of non-ortho nitro benzene ring substituents is 1. The lowest BCUT2D eigenvalue weighted by molar-refractivity contribution is -0.384. The van der Waals surface area contributed by atoms with E-state index in [4.69, 9.17) is 16.3 Å². The van der Waals surface area contributed by atoms with Crippen LogP contribution in [0, 0.1) is 20.2 Å². The highest BCUT2D eigenvalue weighted by Gasteiger charge is 2.19. The van der Waals surface area contributed by atoms with Gasteiger partial charge in [0.05, 0.1) is 31.7 Å². The minimum Gasteiger partial charge on any atom is -0.457 e. The first kappa shape index (κ1) is 21.9. The number of rotatable bonds is 7. The summed E-state index contributed by atoms with van der Waals surface area (Å²) in [5, 5.41) is 25.4. The van der Waals surface area contributed by atoms with Crippen molar-refractivity contribution in [3.05, 3.63) is 95.9 Å². The first-order valence-corrected chi connectivity index (χ1v) is 9.75. The predicted octanol–water partition coefficient (Wildman–Crippen LogP) is 4.83. The Kier molecular flexibility index (Phi) is 6.58. The number of ether oxygens (including phenoxy) is 1. The van der Waals surface area contributed by atoms with Crippen molar-refractivity contribution in [3.63, 3.8) is 0 Å². The van der Waals surface area contributed by atoms with E-state index in [0.29, 0.717) is 5.56 Å². The maximum absolute atomic E-state index is 12.6. The largest absolute Gasteiger partial charge is 0.457 e. The number of thiophene rings is 1. The summed E-state index contributed by atoms with van der Waals surface area (Å²) in [4.78, 5) is 45.4. The Bertz CT molecular complexity index is 1190. The molecule has 0 saturated carbocycles. The van der Waals surface area contributed by atoms with Crippen LogP contribution < -0.4 is 5.32 Å². The summed E-state index contributed by atoms with van der Waals surface area (Å²) in [7, 11) is 0. The number of esters is 1. The van der Waals surface area contributed by atoms with Crippen molar-refractivity contribution in [2.75, 3.05) is 5.32 Å². The van der Waals surface area contributed by atoms with Gasteiger partial charge in [-0.05, 0) is 18.2 Å². The Morgan fingerprint density at radius 3 is 2.42 bits per heavy atom. The summed E-state index contributed by atoms with van der Waals surface area (Å²) >= 11 is 6.89. The van der Waals surface area contributed by atoms with Crippen molar-refractivity contribution in [3.8, 4) is 0 Å². The van der Waals surface area contributed by atoms with E-state index in [-0.39, 0.29) is 39.1 Å². The molecule has 10 nitrogen and oxygen atoms in total. The SMILES string of the molecule is O=C(Nc1ccccc1C(=O)OCc1csc([N+](=O)[O-])c1)c1ccc([N+](=O)[O-])cc1Cl. The number of benzene rings is 2. The number of hydrogen-bond acceptors (Lipinski definition) is 8. The van der Waals surface area contributed by atoms with Gasteiger partial charge in [0.1, 0.15) is 6.61 Å². The fraction of sp³-hybridized carbons (Fsp3) is 0.0526. The Balaban J connectivity index is 1.73. The quantitative estimate of drug-likeness (QED) is 0.301. The second-order valence-corrected chi connectivity index (χ2v) is 7.34. The van der Waals surface area contributed by atoms with Gasteiger partial charge in [0.25, 0.3) is 11.6 Å². The molecule has 3 aromatic rings. The van der Waals surface area contributed by atoms with E-state index in [1.807, 2.05) is 0 Å². The Morgan fingerprint density at radius 2 is 1.77 bits per heavy atom. The fourth-order valence-corrected chi connectivity index (χ4v) is 3.50. The lowest BCUT2D eigenvalue weighted by Crippen LogP contribution is -2.16. The summed E-state index contributed by atoms with van der Waals surface area (Å²) < 4.78 is 5.19. The van der Waals surface area contributed by atoms with E-state index in [9.17, 15) is 29.8 Å². The molecule has 0 radical (unpaired) electrons. The van der Waals surface area contributed by atoms with Gasteiger partial charge in [-0.1, -0.05) is 35.1 Å². The Labute approximate surface area is 183 Å². The van der Waals surface area contributed by atoms with E-state index in [1.165, 1.54) is 29.6 Å². The van der Waals surface area contributed by atoms with Gasteiger partial charge in [0.2, 0.25) is 0 Å². The number of nitrogens with one attached hydrogen (secondary N) is 1. The summed E-state index contributed by atoms with van der Waals surface area (Å²) in [5.74, 6) is -1.42. The van der Waals surface area contributed by atoms with Crippen LogP contribution in [0.5, 0.6) is 0 Å². The van der Waals surface area contributed by atoms with Gasteiger partial charge in [-0.25, -0.2) is 4.79 Å². The van der Waals surface area contributed by atoms with E-state index >= 15 is 0 Å².